The lowest BCUT2D eigenvalue weighted by atomic mass is 10.1. The molecule has 3 aromatic carbocycles. The van der Waals surface area contributed by atoms with Gasteiger partial charge in [-0.1, -0.05) is 112 Å². The van der Waals surface area contributed by atoms with Crippen molar-refractivity contribution in [1.29, 1.82) is 0 Å². The third-order valence-corrected chi connectivity index (χ3v) is 12.8. The highest BCUT2D eigenvalue weighted by molar-refractivity contribution is 6.99. The number of hydrogen-bond acceptors (Lipinski definition) is 5. The molecule has 5 nitrogen and oxygen atoms in total. The van der Waals surface area contributed by atoms with Gasteiger partial charge in [-0.15, -0.1) is 0 Å². The van der Waals surface area contributed by atoms with E-state index in [1.807, 2.05) is 37.3 Å². The van der Waals surface area contributed by atoms with Crippen molar-refractivity contribution >= 4 is 24.7 Å². The van der Waals surface area contributed by atoms with Crippen LogP contribution in [-0.2, 0) is 30.0 Å². The van der Waals surface area contributed by atoms with Crippen LogP contribution in [-0.4, -0.2) is 45.8 Å². The minimum atomic E-state index is -2.72. The summed E-state index contributed by atoms with van der Waals surface area (Å²) in [6, 6.07) is 31.3. The molecule has 0 unspecified atom stereocenters. The molecule has 1 saturated heterocycles. The Morgan fingerprint density at radius 3 is 1.95 bits per heavy atom. The molecule has 1 aliphatic heterocycles. The predicted octanol–water partition coefficient (Wildman–Crippen LogP) is 4.72. The van der Waals surface area contributed by atoms with E-state index in [-0.39, 0.29) is 41.2 Å². The predicted molar refractivity (Wildman–Crippen MR) is 151 cm³/mol. The first-order valence-corrected chi connectivity index (χ1v) is 15.5. The number of benzene rings is 3. The second-order valence-corrected chi connectivity index (χ2v) is 15.5. The van der Waals surface area contributed by atoms with Gasteiger partial charge in [0.2, 0.25) is 0 Å². The van der Waals surface area contributed by atoms with E-state index >= 15 is 0 Å². The average Bonchev–Trinajstić information content (AvgIpc) is 3.52. The van der Waals surface area contributed by atoms with Gasteiger partial charge >= 0.3 is 5.97 Å². The van der Waals surface area contributed by atoms with Gasteiger partial charge in [0.25, 0.3) is 8.32 Å². The molecule has 0 N–H and O–H groups in total. The first-order valence-electron chi connectivity index (χ1n) is 13.6. The number of fused-ring (bicyclic) bond motifs is 1. The standard InChI is InChI=1S/C32H38O5Si/c1-5-34-31(33)28-27-29(35-21-23-15-9-6-10-16-23)26(37-30(27)28)22-36-38(32(2,3)4,24-17-11-7-12-18-24)25-19-13-8-14-20-25/h6-20,26-30H,5,21-22H2,1-4H3/t26-,27-,28+,29+,30+/m1/s1. The van der Waals surface area contributed by atoms with Gasteiger partial charge in [0.1, 0.15) is 6.10 Å². The number of esters is 1. The number of rotatable bonds is 10. The zero-order valence-electron chi connectivity index (χ0n) is 22.7. The van der Waals surface area contributed by atoms with E-state index in [9.17, 15) is 4.79 Å². The van der Waals surface area contributed by atoms with Crippen LogP contribution in [0.25, 0.3) is 0 Å². The van der Waals surface area contributed by atoms with Gasteiger partial charge in [-0.25, -0.2) is 0 Å². The maximum atomic E-state index is 12.6. The SMILES string of the molecule is CCOC(=O)[C@@H]1[C@H]2O[C@H](CO[Si](c3ccccc3)(c3ccccc3)C(C)(C)C)[C@H](OCc3ccccc3)[C@H]21. The summed E-state index contributed by atoms with van der Waals surface area (Å²) < 4.78 is 25.4. The monoisotopic (exact) mass is 530 g/mol. The van der Waals surface area contributed by atoms with Crippen LogP contribution in [0.3, 0.4) is 0 Å². The average molecular weight is 531 g/mol. The van der Waals surface area contributed by atoms with E-state index in [1.165, 1.54) is 10.4 Å². The first-order chi connectivity index (χ1) is 18.4. The first kappa shape index (κ1) is 26.8. The zero-order valence-corrected chi connectivity index (χ0v) is 23.7. The topological polar surface area (TPSA) is 54.0 Å². The molecule has 6 heteroatoms. The Bertz CT molecular complexity index is 1160. The third-order valence-electron chi connectivity index (χ3n) is 7.81. The Morgan fingerprint density at radius 1 is 0.868 bits per heavy atom. The Kier molecular flexibility index (Phi) is 7.87. The van der Waals surface area contributed by atoms with E-state index in [0.29, 0.717) is 19.8 Å². The number of ether oxygens (including phenoxy) is 3. The van der Waals surface area contributed by atoms with E-state index in [2.05, 4.69) is 81.4 Å². The molecule has 200 valence electrons. The molecular formula is C32H38O5Si. The normalized spacial score (nSPS) is 24.6. The summed E-state index contributed by atoms with van der Waals surface area (Å²) in [6.45, 7) is 9.87. The van der Waals surface area contributed by atoms with Crippen molar-refractivity contribution in [3.63, 3.8) is 0 Å². The molecule has 5 rings (SSSR count). The highest BCUT2D eigenvalue weighted by Gasteiger charge is 2.68. The summed E-state index contributed by atoms with van der Waals surface area (Å²) in [7, 11) is -2.72. The summed E-state index contributed by atoms with van der Waals surface area (Å²) in [6.07, 6.45) is -0.684. The van der Waals surface area contributed by atoms with Gasteiger partial charge in [0, 0.05) is 5.92 Å². The van der Waals surface area contributed by atoms with Crippen molar-refractivity contribution in [2.45, 2.75) is 57.7 Å². The molecule has 3 aromatic rings. The highest BCUT2D eigenvalue weighted by Crippen LogP contribution is 2.54. The van der Waals surface area contributed by atoms with Crippen LogP contribution in [0.15, 0.2) is 91.0 Å². The number of hydrogen-bond donors (Lipinski definition) is 0. The summed E-state index contributed by atoms with van der Waals surface area (Å²) in [5, 5.41) is 2.33. The molecule has 38 heavy (non-hydrogen) atoms. The lowest BCUT2D eigenvalue weighted by molar-refractivity contribution is -0.150. The third kappa shape index (κ3) is 5.10. The zero-order chi connectivity index (χ0) is 26.8. The van der Waals surface area contributed by atoms with E-state index in [4.69, 9.17) is 18.6 Å². The van der Waals surface area contributed by atoms with Gasteiger partial charge in [-0.3, -0.25) is 4.79 Å². The van der Waals surface area contributed by atoms with Crippen molar-refractivity contribution in [2.24, 2.45) is 11.8 Å². The molecule has 0 radical (unpaired) electrons. The summed E-state index contributed by atoms with van der Waals surface area (Å²) >= 11 is 0. The summed E-state index contributed by atoms with van der Waals surface area (Å²) in [4.78, 5) is 12.6. The second kappa shape index (κ2) is 11.1. The van der Waals surface area contributed by atoms with Crippen LogP contribution >= 0.6 is 0 Å². The lowest BCUT2D eigenvalue weighted by Crippen LogP contribution is -2.67. The Hall–Kier alpha value is -2.77. The fraction of sp³-hybridized carbons (Fsp3) is 0.406. The second-order valence-electron chi connectivity index (χ2n) is 11.2. The van der Waals surface area contributed by atoms with Crippen LogP contribution in [0.2, 0.25) is 5.04 Å². The van der Waals surface area contributed by atoms with Crippen LogP contribution in [0.1, 0.15) is 33.3 Å². The summed E-state index contributed by atoms with van der Waals surface area (Å²) in [5.41, 5.74) is 1.09. The Morgan fingerprint density at radius 2 is 1.42 bits per heavy atom. The van der Waals surface area contributed by atoms with Crippen LogP contribution in [0.5, 0.6) is 0 Å². The maximum Gasteiger partial charge on any atom is 0.312 e. The molecule has 0 aromatic heterocycles. The molecule has 0 bridgehead atoms. The number of carbonyl (C=O) groups excluding carboxylic acids is 1. The van der Waals surface area contributed by atoms with E-state index < -0.39 is 8.32 Å². The molecule has 0 spiro atoms. The largest absolute Gasteiger partial charge is 0.466 e. The van der Waals surface area contributed by atoms with Gasteiger partial charge < -0.3 is 18.6 Å². The van der Waals surface area contributed by atoms with E-state index in [0.717, 1.165) is 5.56 Å². The Labute approximate surface area is 227 Å². The summed E-state index contributed by atoms with van der Waals surface area (Å²) in [5.74, 6) is -0.465. The van der Waals surface area contributed by atoms with Crippen LogP contribution < -0.4 is 10.4 Å². The van der Waals surface area contributed by atoms with Gasteiger partial charge in [-0.2, -0.15) is 0 Å². The molecule has 1 saturated carbocycles. The van der Waals surface area contributed by atoms with Crippen LogP contribution in [0, 0.1) is 11.8 Å². The molecule has 2 fully saturated rings. The molecule has 1 heterocycles. The molecule has 0 amide bonds. The van der Waals surface area contributed by atoms with Crippen molar-refractivity contribution in [1.82, 2.24) is 0 Å². The molecule has 1 aliphatic carbocycles. The van der Waals surface area contributed by atoms with Gasteiger partial charge in [0.15, 0.2) is 0 Å². The molecule has 2 aliphatic rings. The number of carbonyl (C=O) groups is 1. The fourth-order valence-corrected chi connectivity index (χ4v) is 10.6. The van der Waals surface area contributed by atoms with Crippen molar-refractivity contribution in [2.75, 3.05) is 13.2 Å². The molecular weight excluding hydrogens is 492 g/mol. The van der Waals surface area contributed by atoms with Gasteiger partial charge in [-0.05, 0) is 27.9 Å². The highest BCUT2D eigenvalue weighted by atomic mass is 28.4. The fourth-order valence-electron chi connectivity index (χ4n) is 6.02. The molecule has 5 atom stereocenters. The van der Waals surface area contributed by atoms with E-state index in [1.54, 1.807) is 0 Å². The minimum Gasteiger partial charge on any atom is -0.466 e. The smallest absolute Gasteiger partial charge is 0.312 e. The quantitative estimate of drug-likeness (QED) is 0.280. The van der Waals surface area contributed by atoms with Gasteiger partial charge in [0.05, 0.1) is 37.9 Å². The van der Waals surface area contributed by atoms with Crippen molar-refractivity contribution < 1.29 is 23.4 Å². The lowest BCUT2D eigenvalue weighted by Gasteiger charge is -2.43. The minimum absolute atomic E-state index is 0.00878. The Balaban J connectivity index is 1.42. The van der Waals surface area contributed by atoms with Crippen molar-refractivity contribution in [3.8, 4) is 0 Å². The maximum absolute atomic E-state index is 12.6. The van der Waals surface area contributed by atoms with Crippen LogP contribution in [0.4, 0.5) is 0 Å². The van der Waals surface area contributed by atoms with Crippen molar-refractivity contribution in [3.05, 3.63) is 96.6 Å².